The van der Waals surface area contributed by atoms with Crippen molar-refractivity contribution in [2.45, 2.75) is 52.4 Å². The molecule has 1 N–H and O–H groups in total. The topological polar surface area (TPSA) is 29.5 Å². The van der Waals surface area contributed by atoms with E-state index in [4.69, 9.17) is 4.65 Å². The third-order valence-electron chi connectivity index (χ3n) is 3.50. The van der Waals surface area contributed by atoms with Gasteiger partial charge < -0.3 is 9.68 Å². The van der Waals surface area contributed by atoms with Gasteiger partial charge in [-0.1, -0.05) is 69.9 Å². The maximum absolute atomic E-state index is 9.84. The molecule has 0 saturated heterocycles. The van der Waals surface area contributed by atoms with Crippen LogP contribution in [0.4, 0.5) is 0 Å². The Morgan fingerprint density at radius 3 is 2.47 bits per heavy atom. The fourth-order valence-corrected chi connectivity index (χ4v) is 2.23. The molecule has 0 heterocycles. The Balaban J connectivity index is 2.07. The first-order valence-electron chi connectivity index (χ1n) is 7.58. The van der Waals surface area contributed by atoms with Gasteiger partial charge in [-0.05, 0) is 24.2 Å². The van der Waals surface area contributed by atoms with Gasteiger partial charge in [-0.15, -0.1) is 0 Å². The first kappa shape index (κ1) is 16.3. The lowest BCUT2D eigenvalue weighted by molar-refractivity contribution is 0.253. The van der Waals surface area contributed by atoms with Crippen molar-refractivity contribution in [3.63, 3.8) is 0 Å². The van der Waals surface area contributed by atoms with E-state index >= 15 is 0 Å². The van der Waals surface area contributed by atoms with Crippen molar-refractivity contribution >= 4 is 12.6 Å². The molecule has 0 aromatic heterocycles. The highest BCUT2D eigenvalue weighted by atomic mass is 16.5. The molecule has 0 aliphatic heterocycles. The summed E-state index contributed by atoms with van der Waals surface area (Å²) in [5.74, 6) is 0.768. The van der Waals surface area contributed by atoms with Gasteiger partial charge in [0.25, 0.3) is 0 Å². The van der Waals surface area contributed by atoms with E-state index in [2.05, 4.69) is 13.8 Å². The van der Waals surface area contributed by atoms with E-state index in [0.717, 1.165) is 17.8 Å². The SMILES string of the molecule is CCCCCC(C)CCCOB(O)c1ccccc1. The van der Waals surface area contributed by atoms with Crippen molar-refractivity contribution in [2.75, 3.05) is 6.61 Å². The van der Waals surface area contributed by atoms with Crippen LogP contribution in [-0.2, 0) is 4.65 Å². The quantitative estimate of drug-likeness (QED) is 0.517. The zero-order valence-electron chi connectivity index (χ0n) is 12.3. The molecule has 0 radical (unpaired) electrons. The van der Waals surface area contributed by atoms with Gasteiger partial charge in [-0.3, -0.25) is 0 Å². The standard InChI is InChI=1S/C16H27BO2/c1-3-4-6-10-15(2)11-9-14-19-17(18)16-12-7-5-8-13-16/h5,7-8,12-13,15,18H,3-4,6,9-11,14H2,1-2H3. The zero-order chi connectivity index (χ0) is 13.9. The lowest BCUT2D eigenvalue weighted by Crippen LogP contribution is -2.33. The van der Waals surface area contributed by atoms with E-state index in [-0.39, 0.29) is 0 Å². The molecular formula is C16H27BO2. The van der Waals surface area contributed by atoms with E-state index in [1.165, 1.54) is 32.1 Å². The Hall–Kier alpha value is -0.795. The molecule has 0 fully saturated rings. The van der Waals surface area contributed by atoms with Crippen molar-refractivity contribution in [3.8, 4) is 0 Å². The van der Waals surface area contributed by atoms with Crippen LogP contribution in [-0.4, -0.2) is 18.7 Å². The molecule has 1 aromatic rings. The summed E-state index contributed by atoms with van der Waals surface area (Å²) < 4.78 is 5.46. The second-order valence-electron chi connectivity index (χ2n) is 5.38. The third-order valence-corrected chi connectivity index (χ3v) is 3.50. The highest BCUT2D eigenvalue weighted by molar-refractivity contribution is 6.59. The molecule has 1 aromatic carbocycles. The molecule has 1 rings (SSSR count). The normalized spacial score (nSPS) is 12.4. The van der Waals surface area contributed by atoms with Crippen molar-refractivity contribution in [1.82, 2.24) is 0 Å². The summed E-state index contributed by atoms with van der Waals surface area (Å²) in [6.07, 6.45) is 7.50. The molecule has 0 aliphatic carbocycles. The molecule has 0 bridgehead atoms. The third kappa shape index (κ3) is 7.39. The minimum Gasteiger partial charge on any atom is -0.423 e. The van der Waals surface area contributed by atoms with Crippen LogP contribution in [0.1, 0.15) is 52.4 Å². The summed E-state index contributed by atoms with van der Waals surface area (Å²) in [6.45, 7) is 5.18. The second kappa shape index (κ2) is 10.0. The Labute approximate surface area is 118 Å². The van der Waals surface area contributed by atoms with E-state index in [1.54, 1.807) is 0 Å². The average Bonchev–Trinajstić information content (AvgIpc) is 2.44. The first-order valence-corrected chi connectivity index (χ1v) is 7.58. The summed E-state index contributed by atoms with van der Waals surface area (Å²) in [4.78, 5) is 0. The lowest BCUT2D eigenvalue weighted by atomic mass is 9.80. The van der Waals surface area contributed by atoms with Crippen LogP contribution in [0.25, 0.3) is 0 Å². The summed E-state index contributed by atoms with van der Waals surface area (Å²) in [6, 6.07) is 9.54. The minimum atomic E-state index is -0.781. The number of hydrogen-bond donors (Lipinski definition) is 1. The maximum Gasteiger partial charge on any atom is 0.491 e. The van der Waals surface area contributed by atoms with Crippen molar-refractivity contribution in [2.24, 2.45) is 5.92 Å². The van der Waals surface area contributed by atoms with Crippen molar-refractivity contribution < 1.29 is 9.68 Å². The Morgan fingerprint density at radius 2 is 1.79 bits per heavy atom. The second-order valence-corrected chi connectivity index (χ2v) is 5.38. The molecule has 0 spiro atoms. The van der Waals surface area contributed by atoms with Gasteiger partial charge in [0.1, 0.15) is 0 Å². The molecule has 106 valence electrons. The van der Waals surface area contributed by atoms with Gasteiger partial charge in [-0.2, -0.15) is 0 Å². The van der Waals surface area contributed by atoms with Gasteiger partial charge in [0, 0.05) is 6.61 Å². The zero-order valence-corrected chi connectivity index (χ0v) is 12.3. The van der Waals surface area contributed by atoms with Crippen LogP contribution in [0.5, 0.6) is 0 Å². The van der Waals surface area contributed by atoms with Crippen molar-refractivity contribution in [1.29, 1.82) is 0 Å². The molecular weight excluding hydrogens is 235 g/mol. The molecule has 1 atom stereocenters. The highest BCUT2D eigenvalue weighted by Gasteiger charge is 2.15. The molecule has 3 heteroatoms. The Kier molecular flexibility index (Phi) is 8.60. The average molecular weight is 262 g/mol. The van der Waals surface area contributed by atoms with Gasteiger partial charge >= 0.3 is 7.12 Å². The summed E-state index contributed by atoms with van der Waals surface area (Å²) in [5.41, 5.74) is 0.832. The monoisotopic (exact) mass is 262 g/mol. The molecule has 0 amide bonds. The highest BCUT2D eigenvalue weighted by Crippen LogP contribution is 2.14. The number of rotatable bonds is 10. The van der Waals surface area contributed by atoms with Gasteiger partial charge in [0.15, 0.2) is 0 Å². The maximum atomic E-state index is 9.84. The van der Waals surface area contributed by atoms with Gasteiger partial charge in [-0.25, -0.2) is 0 Å². The van der Waals surface area contributed by atoms with E-state index in [1.807, 2.05) is 30.3 Å². The minimum absolute atomic E-state index is 0.633. The van der Waals surface area contributed by atoms with Crippen LogP contribution in [0.2, 0.25) is 0 Å². The fraction of sp³-hybridized carbons (Fsp3) is 0.625. The molecule has 0 saturated carbocycles. The predicted octanol–water partition coefficient (Wildman–Crippen LogP) is 3.39. The first-order chi connectivity index (χ1) is 9.24. The van der Waals surface area contributed by atoms with Crippen LogP contribution >= 0.6 is 0 Å². The summed E-state index contributed by atoms with van der Waals surface area (Å²) in [7, 11) is -0.781. The number of benzene rings is 1. The predicted molar refractivity (Wildman–Crippen MR) is 82.5 cm³/mol. The summed E-state index contributed by atoms with van der Waals surface area (Å²) >= 11 is 0. The fourth-order valence-electron chi connectivity index (χ4n) is 2.23. The van der Waals surface area contributed by atoms with E-state index in [0.29, 0.717) is 6.61 Å². The van der Waals surface area contributed by atoms with Crippen LogP contribution < -0.4 is 5.46 Å². The van der Waals surface area contributed by atoms with Gasteiger partial charge in [0.05, 0.1) is 0 Å². The van der Waals surface area contributed by atoms with Crippen LogP contribution in [0.15, 0.2) is 30.3 Å². The smallest absolute Gasteiger partial charge is 0.423 e. The largest absolute Gasteiger partial charge is 0.491 e. The number of hydrogen-bond acceptors (Lipinski definition) is 2. The summed E-state index contributed by atoms with van der Waals surface area (Å²) in [5, 5.41) is 9.84. The van der Waals surface area contributed by atoms with Crippen LogP contribution in [0.3, 0.4) is 0 Å². The Bertz CT molecular complexity index is 316. The molecule has 19 heavy (non-hydrogen) atoms. The molecule has 0 aliphatic rings. The number of unbranched alkanes of at least 4 members (excludes halogenated alkanes) is 2. The lowest BCUT2D eigenvalue weighted by Gasteiger charge is -2.12. The van der Waals surface area contributed by atoms with Crippen molar-refractivity contribution in [3.05, 3.63) is 30.3 Å². The van der Waals surface area contributed by atoms with E-state index < -0.39 is 7.12 Å². The van der Waals surface area contributed by atoms with E-state index in [9.17, 15) is 5.02 Å². The van der Waals surface area contributed by atoms with Gasteiger partial charge in [0.2, 0.25) is 0 Å². The molecule has 1 unspecified atom stereocenters. The molecule has 2 nitrogen and oxygen atoms in total. The van der Waals surface area contributed by atoms with Crippen LogP contribution in [0, 0.1) is 5.92 Å². The Morgan fingerprint density at radius 1 is 1.11 bits per heavy atom.